The van der Waals surface area contributed by atoms with Crippen LogP contribution < -0.4 is 16.0 Å². The quantitative estimate of drug-likeness (QED) is 0.283. The number of ether oxygens (including phenoxy) is 2. The standard InChI is InChI=1S/C21H40N4O3/c1-2-22-21(24-11-6-14-28-17-18-9-15-27-16-10-18)25-13-12-23-20(26)19-7-4-3-5-8-19/h18-19H,2-17H2,1H3,(H,23,26)(H2,22,24,25). The van der Waals surface area contributed by atoms with Crippen LogP contribution in [0.5, 0.6) is 0 Å². The summed E-state index contributed by atoms with van der Waals surface area (Å²) in [6, 6.07) is 0. The number of nitrogens with zero attached hydrogens (tertiary/aromatic N) is 1. The Morgan fingerprint density at radius 2 is 1.79 bits per heavy atom. The molecule has 2 rings (SSSR count). The summed E-state index contributed by atoms with van der Waals surface area (Å²) >= 11 is 0. The van der Waals surface area contributed by atoms with Crippen LogP contribution in [-0.2, 0) is 14.3 Å². The van der Waals surface area contributed by atoms with E-state index >= 15 is 0 Å². The van der Waals surface area contributed by atoms with Gasteiger partial charge in [0.2, 0.25) is 5.91 Å². The molecule has 0 aromatic heterocycles. The Labute approximate surface area is 170 Å². The minimum atomic E-state index is 0.213. The number of nitrogens with one attached hydrogen (secondary N) is 3. The summed E-state index contributed by atoms with van der Waals surface area (Å²) in [5, 5.41) is 9.59. The number of carbonyl (C=O) groups excluding carboxylic acids is 1. The zero-order chi connectivity index (χ0) is 19.9. The first kappa shape index (κ1) is 22.9. The molecule has 0 atom stereocenters. The predicted molar refractivity (Wildman–Crippen MR) is 113 cm³/mol. The van der Waals surface area contributed by atoms with Crippen LogP contribution in [0.15, 0.2) is 4.99 Å². The number of guanidine groups is 1. The molecule has 0 aromatic rings. The molecular weight excluding hydrogens is 356 g/mol. The van der Waals surface area contributed by atoms with Gasteiger partial charge in [-0.25, -0.2) is 0 Å². The third-order valence-corrected chi connectivity index (χ3v) is 5.45. The van der Waals surface area contributed by atoms with Crippen LogP contribution in [0.2, 0.25) is 0 Å². The Bertz CT molecular complexity index is 447. The van der Waals surface area contributed by atoms with E-state index in [0.29, 0.717) is 19.0 Å². The number of hydrogen-bond donors (Lipinski definition) is 3. The van der Waals surface area contributed by atoms with Crippen LogP contribution in [0.1, 0.15) is 58.3 Å². The fraction of sp³-hybridized carbons (Fsp3) is 0.905. The fourth-order valence-electron chi connectivity index (χ4n) is 3.74. The van der Waals surface area contributed by atoms with E-state index in [2.05, 4.69) is 27.9 Å². The monoisotopic (exact) mass is 396 g/mol. The van der Waals surface area contributed by atoms with E-state index in [1.807, 2.05) is 0 Å². The van der Waals surface area contributed by atoms with Crippen molar-refractivity contribution in [1.29, 1.82) is 0 Å². The van der Waals surface area contributed by atoms with E-state index in [1.54, 1.807) is 0 Å². The molecule has 0 unspecified atom stereocenters. The largest absolute Gasteiger partial charge is 0.381 e. The summed E-state index contributed by atoms with van der Waals surface area (Å²) in [6.45, 7) is 8.26. The van der Waals surface area contributed by atoms with Crippen LogP contribution in [0.4, 0.5) is 0 Å². The smallest absolute Gasteiger partial charge is 0.223 e. The first-order valence-corrected chi connectivity index (χ1v) is 11.2. The van der Waals surface area contributed by atoms with Crippen molar-refractivity contribution in [3.63, 3.8) is 0 Å². The second-order valence-corrected chi connectivity index (χ2v) is 7.80. The van der Waals surface area contributed by atoms with Gasteiger partial charge >= 0.3 is 0 Å². The lowest BCUT2D eigenvalue weighted by molar-refractivity contribution is -0.125. The van der Waals surface area contributed by atoms with Crippen molar-refractivity contribution < 1.29 is 14.3 Å². The van der Waals surface area contributed by atoms with Crippen LogP contribution in [0.25, 0.3) is 0 Å². The lowest BCUT2D eigenvalue weighted by atomic mass is 9.89. The predicted octanol–water partition coefficient (Wildman–Crippen LogP) is 2.07. The van der Waals surface area contributed by atoms with E-state index in [1.165, 1.54) is 19.3 Å². The van der Waals surface area contributed by atoms with E-state index in [9.17, 15) is 4.79 Å². The molecule has 2 fully saturated rings. The number of hydrogen-bond acceptors (Lipinski definition) is 4. The lowest BCUT2D eigenvalue weighted by Gasteiger charge is -2.21. The molecule has 1 aliphatic heterocycles. The minimum Gasteiger partial charge on any atom is -0.381 e. The molecule has 7 nitrogen and oxygen atoms in total. The van der Waals surface area contributed by atoms with Crippen molar-refractivity contribution in [2.45, 2.75) is 58.3 Å². The highest BCUT2D eigenvalue weighted by atomic mass is 16.5. The van der Waals surface area contributed by atoms with Gasteiger partial charge in [0.15, 0.2) is 5.96 Å². The molecule has 1 amide bonds. The van der Waals surface area contributed by atoms with Crippen molar-refractivity contribution in [3.05, 3.63) is 0 Å². The van der Waals surface area contributed by atoms with Crippen molar-refractivity contribution >= 4 is 11.9 Å². The highest BCUT2D eigenvalue weighted by Gasteiger charge is 2.20. The second-order valence-electron chi connectivity index (χ2n) is 7.80. The van der Waals surface area contributed by atoms with Crippen LogP contribution in [-0.4, -0.2) is 64.5 Å². The number of amides is 1. The number of carbonyl (C=O) groups is 1. The highest BCUT2D eigenvalue weighted by molar-refractivity contribution is 5.80. The Balaban J connectivity index is 1.52. The van der Waals surface area contributed by atoms with Gasteiger partial charge in [-0.15, -0.1) is 0 Å². The van der Waals surface area contributed by atoms with Crippen LogP contribution >= 0.6 is 0 Å². The van der Waals surface area contributed by atoms with Gasteiger partial charge in [0.25, 0.3) is 0 Å². The summed E-state index contributed by atoms with van der Waals surface area (Å²) in [5.41, 5.74) is 0. The Hall–Kier alpha value is -1.34. The molecule has 0 bridgehead atoms. The summed E-state index contributed by atoms with van der Waals surface area (Å²) in [6.07, 6.45) is 8.87. The molecule has 2 aliphatic rings. The van der Waals surface area contributed by atoms with Crippen molar-refractivity contribution in [2.24, 2.45) is 16.8 Å². The number of aliphatic imine (C=N–C) groups is 1. The van der Waals surface area contributed by atoms with Gasteiger partial charge in [-0.2, -0.15) is 0 Å². The lowest BCUT2D eigenvalue weighted by Crippen LogP contribution is -2.42. The molecule has 1 aliphatic carbocycles. The average molecular weight is 397 g/mol. The maximum Gasteiger partial charge on any atom is 0.223 e. The third kappa shape index (κ3) is 9.73. The molecule has 0 radical (unpaired) electrons. The molecule has 1 heterocycles. The maximum atomic E-state index is 12.1. The fourth-order valence-corrected chi connectivity index (χ4v) is 3.74. The van der Waals surface area contributed by atoms with Gasteiger partial charge in [-0.3, -0.25) is 9.79 Å². The van der Waals surface area contributed by atoms with Gasteiger partial charge in [0.1, 0.15) is 0 Å². The SMILES string of the molecule is CCNC(=NCCCOCC1CCOCC1)NCCNC(=O)C1CCCCC1. The molecule has 162 valence electrons. The normalized spacial score (nSPS) is 19.4. The first-order valence-electron chi connectivity index (χ1n) is 11.2. The zero-order valence-corrected chi connectivity index (χ0v) is 17.6. The summed E-state index contributed by atoms with van der Waals surface area (Å²) in [7, 11) is 0. The van der Waals surface area contributed by atoms with Crippen LogP contribution in [0, 0.1) is 11.8 Å². The second kappa shape index (κ2) is 14.6. The molecular formula is C21H40N4O3. The minimum absolute atomic E-state index is 0.213. The molecule has 3 N–H and O–H groups in total. The Kier molecular flexibility index (Phi) is 12.0. The van der Waals surface area contributed by atoms with Gasteiger partial charge in [0.05, 0.1) is 0 Å². The zero-order valence-electron chi connectivity index (χ0n) is 17.6. The Morgan fingerprint density at radius 3 is 2.54 bits per heavy atom. The summed E-state index contributed by atoms with van der Waals surface area (Å²) < 4.78 is 11.2. The highest BCUT2D eigenvalue weighted by Crippen LogP contribution is 2.23. The van der Waals surface area contributed by atoms with E-state index in [0.717, 1.165) is 77.6 Å². The van der Waals surface area contributed by atoms with E-state index in [4.69, 9.17) is 9.47 Å². The van der Waals surface area contributed by atoms with Gasteiger partial charge < -0.3 is 25.4 Å². The average Bonchev–Trinajstić information content (AvgIpc) is 2.74. The van der Waals surface area contributed by atoms with Crippen molar-refractivity contribution in [2.75, 3.05) is 52.6 Å². The first-order chi connectivity index (χ1) is 13.8. The molecule has 7 heteroatoms. The molecule has 28 heavy (non-hydrogen) atoms. The topological polar surface area (TPSA) is 84.0 Å². The summed E-state index contributed by atoms with van der Waals surface area (Å²) in [4.78, 5) is 16.7. The van der Waals surface area contributed by atoms with E-state index < -0.39 is 0 Å². The van der Waals surface area contributed by atoms with Gasteiger partial charge in [0, 0.05) is 58.5 Å². The molecule has 0 aromatic carbocycles. The number of rotatable bonds is 11. The van der Waals surface area contributed by atoms with Crippen LogP contribution in [0.3, 0.4) is 0 Å². The van der Waals surface area contributed by atoms with Crippen molar-refractivity contribution in [1.82, 2.24) is 16.0 Å². The van der Waals surface area contributed by atoms with Gasteiger partial charge in [-0.05, 0) is 44.9 Å². The molecule has 1 saturated carbocycles. The third-order valence-electron chi connectivity index (χ3n) is 5.45. The maximum absolute atomic E-state index is 12.1. The van der Waals surface area contributed by atoms with E-state index in [-0.39, 0.29) is 11.8 Å². The summed E-state index contributed by atoms with van der Waals surface area (Å²) in [5.74, 6) is 1.89. The molecule has 0 spiro atoms. The van der Waals surface area contributed by atoms with Crippen molar-refractivity contribution in [3.8, 4) is 0 Å². The Morgan fingerprint density at radius 1 is 1.04 bits per heavy atom. The van der Waals surface area contributed by atoms with Gasteiger partial charge in [-0.1, -0.05) is 19.3 Å². The molecule has 1 saturated heterocycles.